The van der Waals surface area contributed by atoms with Crippen LogP contribution in [-0.2, 0) is 14.3 Å². The molecule has 0 aliphatic carbocycles. The molecule has 298 valence electrons. The molecule has 1 N–H and O–H groups in total. The molecule has 0 fully saturated rings. The lowest BCUT2D eigenvalue weighted by molar-refractivity contribution is -0.154. The van der Waals surface area contributed by atoms with Crippen LogP contribution in [0.1, 0.15) is 187 Å². The number of hydrogen-bond acceptors (Lipinski definition) is 4. The second-order valence-electron chi connectivity index (χ2n) is 14.0. The first-order valence-electron chi connectivity index (χ1n) is 21.7. The number of allylic oxidation sites excluding steroid dienone is 14. The SMILES string of the molecule is CC/C=C\C/C=C\C/C=C\C/C=C\C/C=C\C/C=C\CCCCCCCCCOCC(CO)OC(=O)CCCCCCC/C=C\CCCCCCC. The quantitative estimate of drug-likeness (QED) is 0.0390. The molecule has 4 nitrogen and oxygen atoms in total. The van der Waals surface area contributed by atoms with E-state index in [0.717, 1.165) is 70.6 Å². The summed E-state index contributed by atoms with van der Waals surface area (Å²) < 4.78 is 11.1. The zero-order valence-corrected chi connectivity index (χ0v) is 34.0. The maximum absolute atomic E-state index is 12.2. The van der Waals surface area contributed by atoms with Crippen molar-refractivity contribution in [3.8, 4) is 0 Å². The predicted molar refractivity (Wildman–Crippen MR) is 228 cm³/mol. The highest BCUT2D eigenvalue weighted by atomic mass is 16.6. The number of esters is 1. The van der Waals surface area contributed by atoms with Gasteiger partial charge >= 0.3 is 5.97 Å². The fourth-order valence-electron chi connectivity index (χ4n) is 5.74. The van der Waals surface area contributed by atoms with Gasteiger partial charge in [-0.05, 0) is 89.9 Å². The van der Waals surface area contributed by atoms with Crippen molar-refractivity contribution >= 4 is 5.97 Å². The molecule has 0 bridgehead atoms. The number of rotatable bonds is 39. The van der Waals surface area contributed by atoms with Gasteiger partial charge < -0.3 is 14.6 Å². The molecule has 0 saturated heterocycles. The third-order valence-corrected chi connectivity index (χ3v) is 8.95. The first-order valence-corrected chi connectivity index (χ1v) is 21.7. The molecule has 52 heavy (non-hydrogen) atoms. The van der Waals surface area contributed by atoms with Gasteiger partial charge in [0.2, 0.25) is 0 Å². The summed E-state index contributed by atoms with van der Waals surface area (Å²) in [6.07, 6.45) is 62.1. The number of hydrogen-bond donors (Lipinski definition) is 1. The van der Waals surface area contributed by atoms with Crippen molar-refractivity contribution in [1.29, 1.82) is 0 Å². The number of carbonyl (C=O) groups is 1. The van der Waals surface area contributed by atoms with E-state index < -0.39 is 6.10 Å². The third-order valence-electron chi connectivity index (χ3n) is 8.95. The van der Waals surface area contributed by atoms with Crippen LogP contribution in [-0.4, -0.2) is 37.0 Å². The Labute approximate surface area is 322 Å². The number of carbonyl (C=O) groups excluding carboxylic acids is 1. The highest BCUT2D eigenvalue weighted by Gasteiger charge is 2.13. The molecule has 0 aromatic rings. The number of ether oxygens (including phenoxy) is 2. The van der Waals surface area contributed by atoms with Crippen molar-refractivity contribution in [2.45, 2.75) is 193 Å². The van der Waals surface area contributed by atoms with Crippen LogP contribution in [0.3, 0.4) is 0 Å². The van der Waals surface area contributed by atoms with Crippen molar-refractivity contribution in [3.63, 3.8) is 0 Å². The molecule has 4 heteroatoms. The Hall–Kier alpha value is -2.43. The topological polar surface area (TPSA) is 55.8 Å². The Bertz CT molecular complexity index is 938. The van der Waals surface area contributed by atoms with Crippen LogP contribution in [0.5, 0.6) is 0 Å². The van der Waals surface area contributed by atoms with E-state index in [1.165, 1.54) is 96.3 Å². The van der Waals surface area contributed by atoms with Gasteiger partial charge in [0.25, 0.3) is 0 Å². The van der Waals surface area contributed by atoms with E-state index in [1.54, 1.807) is 0 Å². The Morgan fingerprint density at radius 2 is 0.865 bits per heavy atom. The first-order chi connectivity index (χ1) is 25.7. The van der Waals surface area contributed by atoms with E-state index in [4.69, 9.17) is 9.47 Å². The maximum atomic E-state index is 12.2. The van der Waals surface area contributed by atoms with Gasteiger partial charge in [-0.15, -0.1) is 0 Å². The molecule has 0 aliphatic rings. The van der Waals surface area contributed by atoms with Gasteiger partial charge in [0.05, 0.1) is 13.2 Å². The van der Waals surface area contributed by atoms with E-state index in [2.05, 4.69) is 98.9 Å². The third kappa shape index (κ3) is 42.0. The van der Waals surface area contributed by atoms with Crippen molar-refractivity contribution in [2.24, 2.45) is 0 Å². The molecule has 0 aromatic carbocycles. The normalized spacial score (nSPS) is 13.2. The molecule has 1 unspecified atom stereocenters. The summed E-state index contributed by atoms with van der Waals surface area (Å²) in [5.74, 6) is -0.217. The average Bonchev–Trinajstić information content (AvgIpc) is 3.15. The zero-order valence-electron chi connectivity index (χ0n) is 34.0. The fourth-order valence-corrected chi connectivity index (χ4v) is 5.74. The molecule has 0 aliphatic heterocycles. The van der Waals surface area contributed by atoms with Crippen LogP contribution in [0.15, 0.2) is 85.1 Å². The maximum Gasteiger partial charge on any atom is 0.306 e. The van der Waals surface area contributed by atoms with E-state index in [0.29, 0.717) is 13.0 Å². The lowest BCUT2D eigenvalue weighted by atomic mass is 10.1. The van der Waals surface area contributed by atoms with Gasteiger partial charge in [-0.1, -0.05) is 176 Å². The lowest BCUT2D eigenvalue weighted by Gasteiger charge is -2.15. The van der Waals surface area contributed by atoms with Crippen LogP contribution in [0.4, 0.5) is 0 Å². The van der Waals surface area contributed by atoms with Gasteiger partial charge in [-0.2, -0.15) is 0 Å². The monoisotopic (exact) mass is 723 g/mol. The van der Waals surface area contributed by atoms with E-state index >= 15 is 0 Å². The summed E-state index contributed by atoms with van der Waals surface area (Å²) in [5, 5.41) is 9.59. The molecule has 0 rings (SSSR count). The minimum absolute atomic E-state index is 0.184. The van der Waals surface area contributed by atoms with Crippen LogP contribution < -0.4 is 0 Å². The minimum atomic E-state index is -0.549. The largest absolute Gasteiger partial charge is 0.457 e. The molecule has 1 atom stereocenters. The lowest BCUT2D eigenvalue weighted by Crippen LogP contribution is -2.27. The van der Waals surface area contributed by atoms with Crippen LogP contribution in [0, 0.1) is 0 Å². The molecular weight excluding hydrogens is 641 g/mol. The Kier molecular flexibility index (Phi) is 42.6. The molecule has 0 heterocycles. The van der Waals surface area contributed by atoms with E-state index in [9.17, 15) is 9.90 Å². The molecule has 0 saturated carbocycles. The summed E-state index contributed by atoms with van der Waals surface area (Å²) in [6.45, 7) is 5.18. The van der Waals surface area contributed by atoms with Crippen molar-refractivity contribution < 1.29 is 19.4 Å². The zero-order chi connectivity index (χ0) is 37.7. The molecular formula is C48H82O4. The van der Waals surface area contributed by atoms with Gasteiger partial charge in [-0.25, -0.2) is 0 Å². The number of unbranched alkanes of at least 4 members (excludes halogenated alkanes) is 17. The Morgan fingerprint density at radius 1 is 0.481 bits per heavy atom. The van der Waals surface area contributed by atoms with Gasteiger partial charge in [0, 0.05) is 13.0 Å². The van der Waals surface area contributed by atoms with Crippen LogP contribution in [0.2, 0.25) is 0 Å². The average molecular weight is 723 g/mol. The van der Waals surface area contributed by atoms with Crippen LogP contribution in [0.25, 0.3) is 0 Å². The van der Waals surface area contributed by atoms with Gasteiger partial charge in [0.15, 0.2) is 0 Å². The standard InChI is InChI=1S/C48H82O4/c1-3-5-7-9-11-13-15-17-19-20-21-22-23-24-25-26-27-28-29-30-32-34-36-38-40-42-44-51-46-47(45-49)52-48(50)43-41-39-37-35-33-31-18-16-14-12-10-8-6-4-2/h5,7,11,13,16-19,21-22,24-25,27-28,47,49H,3-4,6,8-10,12,14-15,20,23,26,29-46H2,1-2H3/b7-5-,13-11-,18-16-,19-17-,22-21-,25-24-,28-27-. The second-order valence-corrected chi connectivity index (χ2v) is 14.0. The van der Waals surface area contributed by atoms with Crippen LogP contribution >= 0.6 is 0 Å². The highest BCUT2D eigenvalue weighted by Crippen LogP contribution is 2.12. The summed E-state index contributed by atoms with van der Waals surface area (Å²) in [6, 6.07) is 0. The Morgan fingerprint density at radius 3 is 1.33 bits per heavy atom. The van der Waals surface area contributed by atoms with Crippen molar-refractivity contribution in [1.82, 2.24) is 0 Å². The smallest absolute Gasteiger partial charge is 0.306 e. The minimum Gasteiger partial charge on any atom is -0.457 e. The van der Waals surface area contributed by atoms with Gasteiger partial charge in [0.1, 0.15) is 6.10 Å². The summed E-state index contributed by atoms with van der Waals surface area (Å²) in [7, 11) is 0. The van der Waals surface area contributed by atoms with E-state index in [1.807, 2.05) is 0 Å². The van der Waals surface area contributed by atoms with E-state index in [-0.39, 0.29) is 19.2 Å². The van der Waals surface area contributed by atoms with Crippen molar-refractivity contribution in [2.75, 3.05) is 19.8 Å². The second kappa shape index (κ2) is 44.7. The summed E-state index contributed by atoms with van der Waals surface area (Å²) in [4.78, 5) is 12.2. The summed E-state index contributed by atoms with van der Waals surface area (Å²) >= 11 is 0. The first kappa shape index (κ1) is 49.6. The molecule has 0 radical (unpaired) electrons. The molecule has 0 aromatic heterocycles. The predicted octanol–water partition coefficient (Wildman–Crippen LogP) is 14.4. The number of aliphatic hydroxyl groups is 1. The fraction of sp³-hybridized carbons (Fsp3) is 0.688. The van der Waals surface area contributed by atoms with Crippen molar-refractivity contribution in [3.05, 3.63) is 85.1 Å². The molecule has 0 amide bonds. The highest BCUT2D eigenvalue weighted by molar-refractivity contribution is 5.69. The Balaban J connectivity index is 3.51. The summed E-state index contributed by atoms with van der Waals surface area (Å²) in [5.41, 5.74) is 0. The number of aliphatic hydroxyl groups excluding tert-OH is 1. The van der Waals surface area contributed by atoms with Gasteiger partial charge in [-0.3, -0.25) is 4.79 Å². The molecule has 0 spiro atoms.